The zero-order chi connectivity index (χ0) is 15.4. The number of aryl methyl sites for hydroxylation is 1. The summed E-state index contributed by atoms with van der Waals surface area (Å²) < 4.78 is 1.55. The predicted octanol–water partition coefficient (Wildman–Crippen LogP) is 1.31. The van der Waals surface area contributed by atoms with Gasteiger partial charge < -0.3 is 15.0 Å². The Labute approximate surface area is 117 Å². The van der Waals surface area contributed by atoms with Gasteiger partial charge in [0.25, 0.3) is 5.91 Å². The number of amides is 1. The highest BCUT2D eigenvalue weighted by molar-refractivity contribution is 5.99. The smallest absolute Gasteiger partial charge is 0.308 e. The normalized spacial score (nSPS) is 12.2. The van der Waals surface area contributed by atoms with Gasteiger partial charge in [0.15, 0.2) is 5.78 Å². The minimum absolute atomic E-state index is 0.0619. The standard InChI is InChI=1S/C14H20N2O4/c1-8(2)11(14(19)20)6-15-13(18)12-5-10(9(3)17)7-16(12)4/h5,7-8,11H,6H2,1-4H3,(H,15,18)(H,19,20). The maximum atomic E-state index is 12.0. The third kappa shape index (κ3) is 3.69. The maximum absolute atomic E-state index is 12.0. The Balaban J connectivity index is 2.77. The summed E-state index contributed by atoms with van der Waals surface area (Å²) in [6.07, 6.45) is 1.58. The molecule has 1 unspecified atom stereocenters. The predicted molar refractivity (Wildman–Crippen MR) is 73.7 cm³/mol. The van der Waals surface area contributed by atoms with Gasteiger partial charge in [-0.05, 0) is 18.9 Å². The number of aromatic nitrogens is 1. The third-order valence-electron chi connectivity index (χ3n) is 3.25. The van der Waals surface area contributed by atoms with Crippen molar-refractivity contribution < 1.29 is 19.5 Å². The third-order valence-corrected chi connectivity index (χ3v) is 3.25. The van der Waals surface area contributed by atoms with Crippen molar-refractivity contribution in [3.63, 3.8) is 0 Å². The van der Waals surface area contributed by atoms with E-state index in [-0.39, 0.29) is 24.2 Å². The molecule has 0 aliphatic rings. The first-order valence-corrected chi connectivity index (χ1v) is 6.42. The van der Waals surface area contributed by atoms with Crippen LogP contribution in [0.25, 0.3) is 0 Å². The number of nitrogens with zero attached hydrogens (tertiary/aromatic N) is 1. The Hall–Kier alpha value is -2.11. The summed E-state index contributed by atoms with van der Waals surface area (Å²) in [4.78, 5) is 34.3. The molecular weight excluding hydrogens is 260 g/mol. The summed E-state index contributed by atoms with van der Waals surface area (Å²) in [6.45, 7) is 5.07. The van der Waals surface area contributed by atoms with Gasteiger partial charge in [-0.1, -0.05) is 13.8 Å². The van der Waals surface area contributed by atoms with Gasteiger partial charge in [0.2, 0.25) is 0 Å². The molecule has 0 fully saturated rings. The second kappa shape index (κ2) is 6.36. The van der Waals surface area contributed by atoms with Crippen LogP contribution in [-0.4, -0.2) is 33.9 Å². The Morgan fingerprint density at radius 3 is 2.35 bits per heavy atom. The van der Waals surface area contributed by atoms with E-state index in [0.29, 0.717) is 11.3 Å². The lowest BCUT2D eigenvalue weighted by Crippen LogP contribution is -2.36. The fraction of sp³-hybridized carbons (Fsp3) is 0.500. The van der Waals surface area contributed by atoms with Crippen LogP contribution in [0.15, 0.2) is 12.3 Å². The van der Waals surface area contributed by atoms with Crippen LogP contribution < -0.4 is 5.32 Å². The number of rotatable bonds is 6. The Kier molecular flexibility index (Phi) is 5.07. The van der Waals surface area contributed by atoms with Crippen LogP contribution in [0.2, 0.25) is 0 Å². The Morgan fingerprint density at radius 1 is 1.35 bits per heavy atom. The van der Waals surface area contributed by atoms with Crippen LogP contribution in [-0.2, 0) is 11.8 Å². The topological polar surface area (TPSA) is 88.4 Å². The largest absolute Gasteiger partial charge is 0.481 e. The SMILES string of the molecule is CC(=O)c1cc(C(=O)NCC(C(=O)O)C(C)C)n(C)c1. The summed E-state index contributed by atoms with van der Waals surface area (Å²) in [6, 6.07) is 1.50. The molecule has 1 amide bonds. The minimum Gasteiger partial charge on any atom is -0.481 e. The zero-order valence-corrected chi connectivity index (χ0v) is 12.1. The lowest BCUT2D eigenvalue weighted by molar-refractivity contribution is -0.142. The number of aliphatic carboxylic acids is 1. The molecule has 1 aromatic rings. The van der Waals surface area contributed by atoms with Crippen LogP contribution in [0.5, 0.6) is 0 Å². The number of nitrogens with one attached hydrogen (secondary N) is 1. The van der Waals surface area contributed by atoms with Gasteiger partial charge in [-0.25, -0.2) is 0 Å². The van der Waals surface area contributed by atoms with Crippen LogP contribution in [0, 0.1) is 11.8 Å². The van der Waals surface area contributed by atoms with E-state index in [1.807, 2.05) is 0 Å². The number of carboxylic acid groups (broad SMARTS) is 1. The number of carbonyl (C=O) groups is 3. The van der Waals surface area contributed by atoms with Gasteiger partial charge in [-0.15, -0.1) is 0 Å². The van der Waals surface area contributed by atoms with Crippen molar-refractivity contribution in [2.45, 2.75) is 20.8 Å². The monoisotopic (exact) mass is 280 g/mol. The highest BCUT2D eigenvalue weighted by atomic mass is 16.4. The lowest BCUT2D eigenvalue weighted by Gasteiger charge is -2.16. The summed E-state index contributed by atoms with van der Waals surface area (Å²) in [7, 11) is 1.67. The molecule has 0 bridgehead atoms. The first kappa shape index (κ1) is 15.9. The summed E-state index contributed by atoms with van der Waals surface area (Å²) in [5, 5.41) is 11.7. The lowest BCUT2D eigenvalue weighted by atomic mass is 9.96. The van der Waals surface area contributed by atoms with Gasteiger partial charge in [0.1, 0.15) is 5.69 Å². The molecule has 0 aliphatic heterocycles. The first-order chi connectivity index (χ1) is 9.23. The molecule has 1 rings (SSSR count). The van der Waals surface area contributed by atoms with Crippen LogP contribution >= 0.6 is 0 Å². The highest BCUT2D eigenvalue weighted by Crippen LogP contribution is 2.11. The second-order valence-corrected chi connectivity index (χ2v) is 5.18. The number of ketones is 1. The molecule has 1 aromatic heterocycles. The molecule has 0 saturated heterocycles. The van der Waals surface area contributed by atoms with E-state index in [9.17, 15) is 14.4 Å². The Morgan fingerprint density at radius 2 is 1.95 bits per heavy atom. The maximum Gasteiger partial charge on any atom is 0.308 e. The van der Waals surface area contributed by atoms with E-state index in [1.165, 1.54) is 13.0 Å². The van der Waals surface area contributed by atoms with E-state index in [4.69, 9.17) is 5.11 Å². The van der Waals surface area contributed by atoms with Crippen molar-refractivity contribution in [3.8, 4) is 0 Å². The van der Waals surface area contributed by atoms with E-state index in [2.05, 4.69) is 5.32 Å². The highest BCUT2D eigenvalue weighted by Gasteiger charge is 2.23. The first-order valence-electron chi connectivity index (χ1n) is 6.42. The van der Waals surface area contributed by atoms with E-state index >= 15 is 0 Å². The van der Waals surface area contributed by atoms with Crippen molar-refractivity contribution in [1.29, 1.82) is 0 Å². The molecule has 1 atom stereocenters. The zero-order valence-electron chi connectivity index (χ0n) is 12.1. The molecule has 20 heavy (non-hydrogen) atoms. The average Bonchev–Trinajstić information content (AvgIpc) is 2.70. The average molecular weight is 280 g/mol. The molecular formula is C14H20N2O4. The van der Waals surface area contributed by atoms with Gasteiger partial charge in [-0.2, -0.15) is 0 Å². The molecule has 0 aliphatic carbocycles. The summed E-state index contributed by atoms with van der Waals surface area (Å²) >= 11 is 0. The van der Waals surface area contributed by atoms with Crippen molar-refractivity contribution in [2.24, 2.45) is 18.9 Å². The molecule has 0 spiro atoms. The molecule has 2 N–H and O–H groups in total. The van der Waals surface area contributed by atoms with Crippen LogP contribution in [0.1, 0.15) is 41.6 Å². The summed E-state index contributed by atoms with van der Waals surface area (Å²) in [5.74, 6) is -2.14. The fourth-order valence-electron chi connectivity index (χ4n) is 1.88. The van der Waals surface area contributed by atoms with Gasteiger partial charge in [-0.3, -0.25) is 14.4 Å². The second-order valence-electron chi connectivity index (χ2n) is 5.18. The number of Topliss-reactive ketones (excluding diaryl/α,β-unsaturated/α-hetero) is 1. The number of carbonyl (C=O) groups excluding carboxylic acids is 2. The molecule has 6 heteroatoms. The number of hydrogen-bond donors (Lipinski definition) is 2. The Bertz CT molecular complexity index is 531. The molecule has 0 saturated carbocycles. The molecule has 0 radical (unpaired) electrons. The molecule has 1 heterocycles. The van der Waals surface area contributed by atoms with Crippen molar-refractivity contribution in [1.82, 2.24) is 9.88 Å². The number of hydrogen-bond acceptors (Lipinski definition) is 3. The van der Waals surface area contributed by atoms with Gasteiger partial charge in [0, 0.05) is 25.4 Å². The van der Waals surface area contributed by atoms with Crippen molar-refractivity contribution in [2.75, 3.05) is 6.54 Å². The van der Waals surface area contributed by atoms with Crippen molar-refractivity contribution >= 4 is 17.7 Å². The molecule has 110 valence electrons. The molecule has 0 aromatic carbocycles. The van der Waals surface area contributed by atoms with E-state index < -0.39 is 11.9 Å². The minimum atomic E-state index is -0.934. The van der Waals surface area contributed by atoms with Gasteiger partial charge >= 0.3 is 5.97 Å². The van der Waals surface area contributed by atoms with E-state index in [1.54, 1.807) is 31.7 Å². The van der Waals surface area contributed by atoms with Crippen LogP contribution in [0.4, 0.5) is 0 Å². The molecule has 6 nitrogen and oxygen atoms in total. The fourth-order valence-corrected chi connectivity index (χ4v) is 1.88. The summed E-state index contributed by atoms with van der Waals surface area (Å²) in [5.41, 5.74) is 0.791. The van der Waals surface area contributed by atoms with Crippen LogP contribution in [0.3, 0.4) is 0 Å². The number of carboxylic acids is 1. The van der Waals surface area contributed by atoms with Crippen molar-refractivity contribution in [3.05, 3.63) is 23.5 Å². The van der Waals surface area contributed by atoms with E-state index in [0.717, 1.165) is 0 Å². The quantitative estimate of drug-likeness (QED) is 0.769. The van der Waals surface area contributed by atoms with Gasteiger partial charge in [0.05, 0.1) is 5.92 Å².